The third-order valence-corrected chi connectivity index (χ3v) is 3.39. The zero-order valence-electron chi connectivity index (χ0n) is 11.8. The van der Waals surface area contributed by atoms with Gasteiger partial charge in [0.15, 0.2) is 0 Å². The number of halogens is 1. The Hall–Kier alpha value is -3.02. The zero-order valence-corrected chi connectivity index (χ0v) is 11.8. The minimum Gasteiger partial charge on any atom is -0.369 e. The van der Waals surface area contributed by atoms with Crippen LogP contribution in [0.1, 0.15) is 0 Å². The second-order valence-corrected chi connectivity index (χ2v) is 4.80. The van der Waals surface area contributed by atoms with Crippen LogP contribution < -0.4 is 11.3 Å². The lowest BCUT2D eigenvalue weighted by Crippen LogP contribution is -2.24. The topological polar surface area (TPSA) is 73.8 Å². The number of nitrogens with zero attached hydrogens (tertiary/aromatic N) is 3. The first-order valence-corrected chi connectivity index (χ1v) is 6.61. The van der Waals surface area contributed by atoms with Crippen LogP contribution in [0.3, 0.4) is 0 Å². The quantitative estimate of drug-likeness (QED) is 0.787. The van der Waals surface area contributed by atoms with Crippen molar-refractivity contribution in [2.24, 2.45) is 7.05 Å². The molecule has 0 unspecified atom stereocenters. The third kappa shape index (κ3) is 2.35. The molecule has 0 aliphatic rings. The van der Waals surface area contributed by atoms with Gasteiger partial charge < -0.3 is 5.73 Å². The van der Waals surface area contributed by atoms with Crippen molar-refractivity contribution >= 4 is 5.95 Å². The molecule has 6 heteroatoms. The lowest BCUT2D eigenvalue weighted by molar-refractivity contribution is 0.628. The lowest BCUT2D eigenvalue weighted by Gasteiger charge is -2.12. The van der Waals surface area contributed by atoms with Crippen LogP contribution in [-0.2, 0) is 7.05 Å². The maximum Gasteiger partial charge on any atom is 0.263 e. The highest BCUT2D eigenvalue weighted by Crippen LogP contribution is 2.28. The number of nitrogens with two attached hydrogens (primary N) is 1. The molecule has 0 saturated carbocycles. The zero-order chi connectivity index (χ0) is 15.7. The first-order valence-electron chi connectivity index (χ1n) is 6.61. The number of anilines is 1. The number of nitrogen functional groups attached to an aromatic ring is 1. The minimum atomic E-state index is -0.403. The van der Waals surface area contributed by atoms with E-state index in [9.17, 15) is 9.18 Å². The van der Waals surface area contributed by atoms with Crippen LogP contribution in [0, 0.1) is 5.82 Å². The summed E-state index contributed by atoms with van der Waals surface area (Å²) in [5.41, 5.74) is 7.37. The number of benzene rings is 1. The van der Waals surface area contributed by atoms with Gasteiger partial charge in [-0.25, -0.2) is 9.37 Å². The van der Waals surface area contributed by atoms with Crippen LogP contribution in [0.4, 0.5) is 10.3 Å². The SMILES string of the molecule is Cn1c(N)nc(-c2cccc(F)c2)c(-c2ccncc2)c1=O. The molecule has 0 amide bonds. The van der Waals surface area contributed by atoms with Gasteiger partial charge in [0.05, 0.1) is 11.3 Å². The number of hydrogen-bond acceptors (Lipinski definition) is 4. The van der Waals surface area contributed by atoms with Crippen LogP contribution in [-0.4, -0.2) is 14.5 Å². The van der Waals surface area contributed by atoms with E-state index in [-0.39, 0.29) is 11.5 Å². The second kappa shape index (κ2) is 5.40. The van der Waals surface area contributed by atoms with E-state index in [2.05, 4.69) is 9.97 Å². The molecule has 5 nitrogen and oxygen atoms in total. The van der Waals surface area contributed by atoms with Gasteiger partial charge in [0.2, 0.25) is 5.95 Å². The van der Waals surface area contributed by atoms with E-state index in [4.69, 9.17) is 5.73 Å². The number of pyridine rings is 1. The Morgan fingerprint density at radius 2 is 1.86 bits per heavy atom. The normalized spacial score (nSPS) is 10.6. The van der Waals surface area contributed by atoms with Gasteiger partial charge in [-0.3, -0.25) is 14.3 Å². The number of rotatable bonds is 2. The number of aromatic nitrogens is 3. The van der Waals surface area contributed by atoms with Gasteiger partial charge in [0.25, 0.3) is 5.56 Å². The van der Waals surface area contributed by atoms with Gasteiger partial charge in [-0.05, 0) is 29.8 Å². The smallest absolute Gasteiger partial charge is 0.263 e. The Morgan fingerprint density at radius 3 is 2.55 bits per heavy atom. The summed E-state index contributed by atoms with van der Waals surface area (Å²) in [6.45, 7) is 0. The first kappa shape index (κ1) is 13.9. The molecule has 3 rings (SSSR count). The molecule has 0 aliphatic heterocycles. The second-order valence-electron chi connectivity index (χ2n) is 4.80. The van der Waals surface area contributed by atoms with Crippen molar-refractivity contribution < 1.29 is 4.39 Å². The van der Waals surface area contributed by atoms with E-state index < -0.39 is 5.82 Å². The molecule has 2 aromatic heterocycles. The average Bonchev–Trinajstić information content (AvgIpc) is 2.53. The van der Waals surface area contributed by atoms with Crippen molar-refractivity contribution in [1.82, 2.24) is 14.5 Å². The van der Waals surface area contributed by atoms with Gasteiger partial charge in [-0.1, -0.05) is 12.1 Å². The Morgan fingerprint density at radius 1 is 1.14 bits per heavy atom. The Kier molecular flexibility index (Phi) is 3.42. The molecule has 0 fully saturated rings. The van der Waals surface area contributed by atoms with Gasteiger partial charge in [-0.15, -0.1) is 0 Å². The van der Waals surface area contributed by atoms with Gasteiger partial charge >= 0.3 is 0 Å². The predicted molar refractivity (Wildman–Crippen MR) is 82.5 cm³/mol. The fourth-order valence-electron chi connectivity index (χ4n) is 2.24. The molecule has 3 aromatic rings. The van der Waals surface area contributed by atoms with Crippen molar-refractivity contribution in [3.05, 3.63) is 65.0 Å². The van der Waals surface area contributed by atoms with Crippen LogP contribution in [0.2, 0.25) is 0 Å². The largest absolute Gasteiger partial charge is 0.369 e. The van der Waals surface area contributed by atoms with Crippen molar-refractivity contribution in [1.29, 1.82) is 0 Å². The van der Waals surface area contributed by atoms with Gasteiger partial charge in [0.1, 0.15) is 5.82 Å². The Bertz CT molecular complexity index is 890. The molecule has 0 bridgehead atoms. The molecule has 1 aromatic carbocycles. The molecule has 0 atom stereocenters. The van der Waals surface area contributed by atoms with E-state index >= 15 is 0 Å². The summed E-state index contributed by atoms with van der Waals surface area (Å²) in [6, 6.07) is 9.33. The summed E-state index contributed by atoms with van der Waals surface area (Å²) in [4.78, 5) is 20.8. The highest BCUT2D eigenvalue weighted by molar-refractivity contribution is 5.80. The third-order valence-electron chi connectivity index (χ3n) is 3.39. The van der Waals surface area contributed by atoms with Gasteiger partial charge in [-0.2, -0.15) is 0 Å². The van der Waals surface area contributed by atoms with Crippen LogP contribution in [0.25, 0.3) is 22.4 Å². The molecule has 110 valence electrons. The van der Waals surface area contributed by atoms with Crippen LogP contribution >= 0.6 is 0 Å². The van der Waals surface area contributed by atoms with E-state index in [0.717, 1.165) is 0 Å². The standard InChI is InChI=1S/C16H13FN4O/c1-21-15(22)13(10-5-7-19-8-6-10)14(20-16(21)18)11-3-2-4-12(17)9-11/h2-9H,1H3,(H2,18,20). The van der Waals surface area contributed by atoms with E-state index in [0.29, 0.717) is 22.4 Å². The van der Waals surface area contributed by atoms with Crippen molar-refractivity contribution in [2.45, 2.75) is 0 Å². The molecule has 0 saturated heterocycles. The monoisotopic (exact) mass is 296 g/mol. The molecule has 0 spiro atoms. The average molecular weight is 296 g/mol. The minimum absolute atomic E-state index is 0.0714. The highest BCUT2D eigenvalue weighted by atomic mass is 19.1. The summed E-state index contributed by atoms with van der Waals surface area (Å²) in [5, 5.41) is 0. The fourth-order valence-corrected chi connectivity index (χ4v) is 2.24. The van der Waals surface area contributed by atoms with Crippen LogP contribution in [0.5, 0.6) is 0 Å². The maximum atomic E-state index is 13.5. The molecule has 22 heavy (non-hydrogen) atoms. The van der Waals surface area contributed by atoms with Crippen LogP contribution in [0.15, 0.2) is 53.6 Å². The maximum absolute atomic E-state index is 13.5. The first-order chi connectivity index (χ1) is 10.6. The van der Waals surface area contributed by atoms with Crippen molar-refractivity contribution in [3.8, 4) is 22.4 Å². The number of hydrogen-bond donors (Lipinski definition) is 1. The molecule has 0 radical (unpaired) electrons. The summed E-state index contributed by atoms with van der Waals surface area (Å²) in [5.74, 6) is -0.332. The van der Waals surface area contributed by atoms with E-state index in [1.54, 1.807) is 43.7 Å². The van der Waals surface area contributed by atoms with Gasteiger partial charge in [0, 0.05) is 25.0 Å². The Balaban J connectivity index is 2.37. The molecular formula is C16H13FN4O. The van der Waals surface area contributed by atoms with Crippen molar-refractivity contribution in [2.75, 3.05) is 5.73 Å². The Labute approximate surface area is 125 Å². The summed E-state index contributed by atoms with van der Waals surface area (Å²) in [7, 11) is 1.55. The summed E-state index contributed by atoms with van der Waals surface area (Å²) < 4.78 is 14.8. The highest BCUT2D eigenvalue weighted by Gasteiger charge is 2.17. The summed E-state index contributed by atoms with van der Waals surface area (Å²) in [6.07, 6.45) is 3.17. The lowest BCUT2D eigenvalue weighted by atomic mass is 10.0. The molecule has 2 heterocycles. The van der Waals surface area contributed by atoms with E-state index in [1.807, 2.05) is 0 Å². The van der Waals surface area contributed by atoms with E-state index in [1.165, 1.54) is 16.7 Å². The molecule has 2 N–H and O–H groups in total. The van der Waals surface area contributed by atoms with Crippen molar-refractivity contribution in [3.63, 3.8) is 0 Å². The summed E-state index contributed by atoms with van der Waals surface area (Å²) >= 11 is 0. The molecule has 0 aliphatic carbocycles. The predicted octanol–water partition coefficient (Wildman–Crippen LogP) is 2.23. The fraction of sp³-hybridized carbons (Fsp3) is 0.0625. The molecular weight excluding hydrogens is 283 g/mol.